The van der Waals surface area contributed by atoms with Crippen LogP contribution in [0.5, 0.6) is 0 Å². The maximum Gasteiger partial charge on any atom is 0.238 e. The molecule has 2 heterocycles. The van der Waals surface area contributed by atoms with Gasteiger partial charge in [0.2, 0.25) is 5.95 Å². The number of aromatic nitrogens is 2. The quantitative estimate of drug-likeness (QED) is 0.734. The maximum absolute atomic E-state index is 4.31. The van der Waals surface area contributed by atoms with Crippen LogP contribution in [0.1, 0.15) is 12.8 Å². The topological polar surface area (TPSA) is 29.0 Å². The Labute approximate surface area is 83.1 Å². The zero-order valence-electron chi connectivity index (χ0n) is 5.96. The second-order valence-electron chi connectivity index (χ2n) is 2.54. The molecule has 0 unspecified atom stereocenters. The third kappa shape index (κ3) is 1.64. The summed E-state index contributed by atoms with van der Waals surface area (Å²) in [4.78, 5) is 6.56. The van der Waals surface area contributed by atoms with Crippen molar-refractivity contribution in [3.05, 3.63) is 3.01 Å². The highest BCUT2D eigenvalue weighted by Gasteiger charge is 2.15. The van der Waals surface area contributed by atoms with Crippen LogP contribution in [0, 0.1) is 3.01 Å². The van der Waals surface area contributed by atoms with Crippen molar-refractivity contribution in [1.29, 1.82) is 0 Å². The number of halogens is 1. The molecule has 3 nitrogen and oxygen atoms in total. The lowest BCUT2D eigenvalue weighted by Crippen LogP contribution is -2.18. The van der Waals surface area contributed by atoms with Crippen molar-refractivity contribution in [2.75, 3.05) is 18.0 Å². The lowest BCUT2D eigenvalue weighted by molar-refractivity contribution is 0.919. The number of anilines is 1. The van der Waals surface area contributed by atoms with Crippen molar-refractivity contribution in [3.63, 3.8) is 0 Å². The average molecular weight is 281 g/mol. The Balaban J connectivity index is 2.15. The number of nitrogens with zero attached hydrogens (tertiary/aromatic N) is 3. The van der Waals surface area contributed by atoms with Crippen LogP contribution in [0.15, 0.2) is 0 Å². The van der Waals surface area contributed by atoms with Gasteiger partial charge in [0, 0.05) is 13.1 Å². The smallest absolute Gasteiger partial charge is 0.238 e. The highest BCUT2D eigenvalue weighted by molar-refractivity contribution is 14.1. The Morgan fingerprint density at radius 3 is 2.64 bits per heavy atom. The fourth-order valence-corrected chi connectivity index (χ4v) is 2.19. The summed E-state index contributed by atoms with van der Waals surface area (Å²) in [6, 6.07) is 0. The summed E-state index contributed by atoms with van der Waals surface area (Å²) in [5.41, 5.74) is 0. The molecule has 60 valence electrons. The van der Waals surface area contributed by atoms with Gasteiger partial charge in [-0.3, -0.25) is 0 Å². The van der Waals surface area contributed by atoms with Gasteiger partial charge in [0.05, 0.1) is 0 Å². The van der Waals surface area contributed by atoms with Crippen LogP contribution >= 0.6 is 34.1 Å². The van der Waals surface area contributed by atoms with Gasteiger partial charge in [-0.1, -0.05) is 0 Å². The molecule has 1 aromatic heterocycles. The standard InChI is InChI=1S/C6H8IN3S/c7-5-8-6(9-11-5)10-3-1-2-4-10/h1-4H2. The van der Waals surface area contributed by atoms with Crippen molar-refractivity contribution in [1.82, 2.24) is 9.36 Å². The molecule has 0 saturated carbocycles. The second kappa shape index (κ2) is 3.22. The predicted molar refractivity (Wildman–Crippen MR) is 54.1 cm³/mol. The molecule has 1 aliphatic heterocycles. The van der Waals surface area contributed by atoms with Crippen LogP contribution in [0.3, 0.4) is 0 Å². The first-order valence-electron chi connectivity index (χ1n) is 3.60. The largest absolute Gasteiger partial charge is 0.340 e. The molecular formula is C6H8IN3S. The Bertz CT molecular complexity index is 244. The maximum atomic E-state index is 4.31. The molecule has 2 rings (SSSR count). The van der Waals surface area contributed by atoms with Gasteiger partial charge in [0.1, 0.15) is 0 Å². The molecule has 1 aromatic rings. The zero-order valence-corrected chi connectivity index (χ0v) is 8.93. The zero-order chi connectivity index (χ0) is 7.68. The molecule has 1 fully saturated rings. The number of hydrogen-bond donors (Lipinski definition) is 0. The third-order valence-corrected chi connectivity index (χ3v) is 3.11. The second-order valence-corrected chi connectivity index (χ2v) is 5.05. The summed E-state index contributed by atoms with van der Waals surface area (Å²) in [5.74, 6) is 0.928. The van der Waals surface area contributed by atoms with Gasteiger partial charge in [-0.2, -0.15) is 9.36 Å². The number of hydrogen-bond acceptors (Lipinski definition) is 4. The summed E-state index contributed by atoms with van der Waals surface area (Å²) < 4.78 is 5.28. The van der Waals surface area contributed by atoms with Crippen molar-refractivity contribution in [2.45, 2.75) is 12.8 Å². The van der Waals surface area contributed by atoms with Gasteiger partial charge < -0.3 is 4.90 Å². The third-order valence-electron chi connectivity index (χ3n) is 1.78. The van der Waals surface area contributed by atoms with Gasteiger partial charge in [-0.15, -0.1) is 0 Å². The van der Waals surface area contributed by atoms with E-state index in [9.17, 15) is 0 Å². The van der Waals surface area contributed by atoms with Gasteiger partial charge in [0.15, 0.2) is 3.01 Å². The van der Waals surface area contributed by atoms with Crippen molar-refractivity contribution < 1.29 is 0 Å². The molecule has 5 heteroatoms. The first-order chi connectivity index (χ1) is 5.36. The summed E-state index contributed by atoms with van der Waals surface area (Å²) >= 11 is 3.68. The van der Waals surface area contributed by atoms with E-state index in [4.69, 9.17) is 0 Å². The van der Waals surface area contributed by atoms with Crippen molar-refractivity contribution in [2.24, 2.45) is 0 Å². The SMILES string of the molecule is Ic1nc(N2CCCC2)ns1. The van der Waals surface area contributed by atoms with Crippen LogP contribution in [0.25, 0.3) is 0 Å². The molecule has 0 bridgehead atoms. The fourth-order valence-electron chi connectivity index (χ4n) is 1.24. The van der Waals surface area contributed by atoms with E-state index in [1.807, 2.05) is 0 Å². The Morgan fingerprint density at radius 1 is 1.36 bits per heavy atom. The van der Waals surface area contributed by atoms with Gasteiger partial charge >= 0.3 is 0 Å². The average Bonchev–Trinajstić information content (AvgIpc) is 2.55. The fraction of sp³-hybridized carbons (Fsp3) is 0.667. The summed E-state index contributed by atoms with van der Waals surface area (Å²) in [7, 11) is 0. The monoisotopic (exact) mass is 281 g/mol. The van der Waals surface area contributed by atoms with Crippen molar-refractivity contribution in [3.8, 4) is 0 Å². The van der Waals surface area contributed by atoms with E-state index in [0.29, 0.717) is 0 Å². The molecule has 0 atom stereocenters. The first kappa shape index (κ1) is 7.72. The normalized spacial score (nSPS) is 17.7. The van der Waals surface area contributed by atoms with Gasteiger partial charge in [-0.25, -0.2) is 0 Å². The Hall–Kier alpha value is 0.0900. The van der Waals surface area contributed by atoms with Gasteiger partial charge in [-0.05, 0) is 47.0 Å². The Morgan fingerprint density at radius 2 is 2.09 bits per heavy atom. The van der Waals surface area contributed by atoms with Gasteiger partial charge in [0.25, 0.3) is 0 Å². The van der Waals surface area contributed by atoms with E-state index in [1.54, 1.807) is 0 Å². The lowest BCUT2D eigenvalue weighted by Gasteiger charge is -2.10. The summed E-state index contributed by atoms with van der Waals surface area (Å²) in [6.45, 7) is 2.26. The molecule has 1 aliphatic rings. The molecule has 0 radical (unpaired) electrons. The van der Waals surface area contributed by atoms with E-state index < -0.39 is 0 Å². The molecule has 1 saturated heterocycles. The van der Waals surface area contributed by atoms with E-state index in [1.165, 1.54) is 24.4 Å². The summed E-state index contributed by atoms with van der Waals surface area (Å²) in [6.07, 6.45) is 2.57. The minimum atomic E-state index is 0.928. The summed E-state index contributed by atoms with van der Waals surface area (Å²) in [5, 5.41) is 0. The minimum Gasteiger partial charge on any atom is -0.340 e. The molecule has 0 aromatic carbocycles. The molecular weight excluding hydrogens is 273 g/mol. The highest BCUT2D eigenvalue weighted by Crippen LogP contribution is 2.19. The van der Waals surface area contributed by atoms with Crippen LogP contribution in [-0.4, -0.2) is 22.4 Å². The van der Waals surface area contributed by atoms with Crippen LogP contribution in [0.4, 0.5) is 5.95 Å². The molecule has 0 spiro atoms. The van der Waals surface area contributed by atoms with Crippen LogP contribution < -0.4 is 4.90 Å². The first-order valence-corrected chi connectivity index (χ1v) is 5.45. The number of rotatable bonds is 1. The molecule has 0 amide bonds. The van der Waals surface area contributed by atoms with E-state index >= 15 is 0 Å². The Kier molecular flexibility index (Phi) is 2.26. The highest BCUT2D eigenvalue weighted by atomic mass is 127. The van der Waals surface area contributed by atoms with Crippen LogP contribution in [-0.2, 0) is 0 Å². The van der Waals surface area contributed by atoms with E-state index in [2.05, 4.69) is 36.8 Å². The molecule has 11 heavy (non-hydrogen) atoms. The van der Waals surface area contributed by atoms with Crippen molar-refractivity contribution >= 4 is 40.1 Å². The molecule has 0 aliphatic carbocycles. The van der Waals surface area contributed by atoms with Crippen LogP contribution in [0.2, 0.25) is 0 Å². The predicted octanol–water partition coefficient (Wildman–Crippen LogP) is 1.74. The van der Waals surface area contributed by atoms with E-state index in [0.717, 1.165) is 22.1 Å². The molecule has 0 N–H and O–H groups in total. The minimum absolute atomic E-state index is 0.928. The lowest BCUT2D eigenvalue weighted by atomic mass is 10.4. The van der Waals surface area contributed by atoms with E-state index in [-0.39, 0.29) is 0 Å².